The van der Waals surface area contributed by atoms with E-state index in [1.165, 1.54) is 4.90 Å². The number of nitrogens with one attached hydrogen (secondary N) is 1. The van der Waals surface area contributed by atoms with Crippen LogP contribution in [0.1, 0.15) is 63.2 Å². The summed E-state index contributed by atoms with van der Waals surface area (Å²) >= 11 is 9.57. The topological polar surface area (TPSA) is 104 Å². The minimum atomic E-state index is -2.00. The van der Waals surface area contributed by atoms with Crippen LogP contribution in [0.5, 0.6) is 5.88 Å². The van der Waals surface area contributed by atoms with Gasteiger partial charge in [0.05, 0.1) is 15.2 Å². The minimum Gasteiger partial charge on any atom is -0.475 e. The molecule has 13 heteroatoms. The molecule has 2 fully saturated rings. The number of likely N-dealkylation sites (tertiary alicyclic amines) is 2. The number of halogens is 3. The molecule has 3 heterocycles. The van der Waals surface area contributed by atoms with E-state index in [1.54, 1.807) is 6.07 Å². The molecule has 43 heavy (non-hydrogen) atoms. The Morgan fingerprint density at radius 2 is 2.02 bits per heavy atom. The van der Waals surface area contributed by atoms with Crippen LogP contribution < -0.4 is 10.1 Å². The van der Waals surface area contributed by atoms with E-state index in [2.05, 4.69) is 65.0 Å². The van der Waals surface area contributed by atoms with Gasteiger partial charge in [0.25, 0.3) is 0 Å². The smallest absolute Gasteiger partial charge is 0.407 e. The molecule has 0 unspecified atom stereocenters. The lowest BCUT2D eigenvalue weighted by atomic mass is 9.94. The molecule has 9 nitrogen and oxygen atoms in total. The van der Waals surface area contributed by atoms with Gasteiger partial charge in [-0.05, 0) is 85.8 Å². The zero-order valence-electron chi connectivity index (χ0n) is 25.8. The second kappa shape index (κ2) is 13.6. The average Bonchev–Trinajstić information content (AvgIpc) is 3.34. The Hall–Kier alpha value is -1.99. The van der Waals surface area contributed by atoms with Gasteiger partial charge in [-0.3, -0.25) is 4.79 Å². The number of hydrogen-bond donors (Lipinski definition) is 2. The van der Waals surface area contributed by atoms with Gasteiger partial charge in [0.15, 0.2) is 20.4 Å². The first kappa shape index (κ1) is 33.9. The predicted molar refractivity (Wildman–Crippen MR) is 174 cm³/mol. The van der Waals surface area contributed by atoms with Crippen molar-refractivity contribution in [1.29, 1.82) is 0 Å². The van der Waals surface area contributed by atoms with Crippen molar-refractivity contribution < 1.29 is 28.2 Å². The van der Waals surface area contributed by atoms with E-state index < -0.39 is 20.2 Å². The molecule has 0 radical (unpaired) electrons. The second-order valence-corrected chi connectivity index (χ2v) is 19.2. The summed E-state index contributed by atoms with van der Waals surface area (Å²) in [7, 11) is 0.0265. The van der Waals surface area contributed by atoms with E-state index in [4.69, 9.17) is 20.8 Å². The third-order valence-corrected chi connectivity index (χ3v) is 15.2. The van der Waals surface area contributed by atoms with Gasteiger partial charge in [-0.1, -0.05) is 32.4 Å². The SMILES string of the molecule is CN1CCC[C@@H]1COc1nc2c(F)c(Br)c(Cl)cc2c(N[C@H]2CCN(C(=O)O)[C@H](CCO[Si](C)(C)C(C)(C)C)C2)c1C=O. The van der Waals surface area contributed by atoms with Crippen LogP contribution in [0.4, 0.5) is 14.9 Å². The highest BCUT2D eigenvalue weighted by Gasteiger charge is 2.38. The summed E-state index contributed by atoms with van der Waals surface area (Å²) < 4.78 is 28.0. The fourth-order valence-electron chi connectivity index (χ4n) is 5.62. The van der Waals surface area contributed by atoms with Gasteiger partial charge in [-0.15, -0.1) is 0 Å². The number of rotatable bonds is 10. The maximum atomic E-state index is 15.5. The highest BCUT2D eigenvalue weighted by Crippen LogP contribution is 2.40. The van der Waals surface area contributed by atoms with Gasteiger partial charge in [0.2, 0.25) is 5.88 Å². The number of ether oxygens (including phenoxy) is 1. The standard InChI is InChI=1S/C30H43BrClFN4O5Si/c1-30(2,3)43(5,6)42-13-10-19-14-18(9-12-37(19)29(39)40)34-26-21-15-23(32)24(31)25(33)27(21)35-28(22(26)16-38)41-17-20-8-7-11-36(20)4/h15-16,18-20H,7-14,17H2,1-6H3,(H,34,35)(H,39,40)/t18-,19+,20+/m0/s1. The van der Waals surface area contributed by atoms with E-state index >= 15 is 4.39 Å². The first-order valence-corrected chi connectivity index (χ1v) is 18.9. The number of anilines is 1. The van der Waals surface area contributed by atoms with E-state index in [0.717, 1.165) is 19.4 Å². The first-order chi connectivity index (χ1) is 20.1. The van der Waals surface area contributed by atoms with Crippen molar-refractivity contribution in [1.82, 2.24) is 14.8 Å². The molecule has 2 aromatic rings. The Labute approximate surface area is 267 Å². The van der Waals surface area contributed by atoms with Gasteiger partial charge < -0.3 is 29.4 Å². The third kappa shape index (κ3) is 7.46. The number of likely N-dealkylation sites (N-methyl/N-ethyl adjacent to an activating group) is 1. The van der Waals surface area contributed by atoms with Gasteiger partial charge >= 0.3 is 6.09 Å². The number of benzene rings is 1. The summed E-state index contributed by atoms with van der Waals surface area (Å²) in [5, 5.41) is 13.9. The van der Waals surface area contributed by atoms with Crippen LogP contribution in [0.2, 0.25) is 23.2 Å². The zero-order chi connectivity index (χ0) is 31.7. The van der Waals surface area contributed by atoms with Crippen molar-refractivity contribution in [2.75, 3.05) is 38.7 Å². The highest BCUT2D eigenvalue weighted by molar-refractivity contribution is 9.10. The van der Waals surface area contributed by atoms with Crippen molar-refractivity contribution >= 4 is 64.8 Å². The minimum absolute atomic E-state index is 0.0291. The summed E-state index contributed by atoms with van der Waals surface area (Å²) in [5.74, 6) is -0.590. The number of nitrogens with zero attached hydrogens (tertiary/aromatic N) is 3. The number of aromatic nitrogens is 1. The highest BCUT2D eigenvalue weighted by atomic mass is 79.9. The van der Waals surface area contributed by atoms with Crippen LogP contribution in [0.3, 0.4) is 0 Å². The number of carbonyl (C=O) groups is 2. The van der Waals surface area contributed by atoms with Gasteiger partial charge in [-0.25, -0.2) is 14.2 Å². The molecule has 2 aliphatic heterocycles. The monoisotopic (exact) mass is 700 g/mol. The molecule has 1 aromatic carbocycles. The Kier molecular flexibility index (Phi) is 10.7. The number of carboxylic acid groups (broad SMARTS) is 1. The predicted octanol–water partition coefficient (Wildman–Crippen LogP) is 7.41. The quantitative estimate of drug-likeness (QED) is 0.150. The molecule has 0 aliphatic carbocycles. The van der Waals surface area contributed by atoms with Crippen molar-refractivity contribution in [3.8, 4) is 5.88 Å². The van der Waals surface area contributed by atoms with E-state index in [1.807, 2.05) is 7.05 Å². The van der Waals surface area contributed by atoms with Crippen LogP contribution in [-0.2, 0) is 4.43 Å². The molecule has 0 bridgehead atoms. The summed E-state index contributed by atoms with van der Waals surface area (Å²) in [5.41, 5.74) is 0.596. The molecule has 238 valence electrons. The molecular formula is C30H43BrClFN4O5Si. The van der Waals surface area contributed by atoms with Crippen molar-refractivity contribution in [2.24, 2.45) is 0 Å². The average molecular weight is 702 g/mol. The van der Waals surface area contributed by atoms with E-state index in [0.29, 0.717) is 56.4 Å². The Morgan fingerprint density at radius 3 is 2.63 bits per heavy atom. The number of amides is 1. The second-order valence-electron chi connectivity index (χ2n) is 13.2. The molecule has 2 N–H and O–H groups in total. The summed E-state index contributed by atoms with van der Waals surface area (Å²) in [6.45, 7) is 12.9. The van der Waals surface area contributed by atoms with Gasteiger partial charge in [-0.2, -0.15) is 0 Å². The molecule has 1 amide bonds. The Bertz CT molecular complexity index is 1360. The lowest BCUT2D eigenvalue weighted by Crippen LogP contribution is -2.50. The Balaban J connectivity index is 1.64. The van der Waals surface area contributed by atoms with Crippen LogP contribution >= 0.6 is 27.5 Å². The van der Waals surface area contributed by atoms with Gasteiger partial charge in [0.1, 0.15) is 17.7 Å². The molecule has 2 aliphatic rings. The van der Waals surface area contributed by atoms with E-state index in [-0.39, 0.29) is 49.6 Å². The fourth-order valence-corrected chi connectivity index (χ4v) is 7.17. The number of hydrogen-bond acceptors (Lipinski definition) is 7. The third-order valence-electron chi connectivity index (χ3n) is 9.35. The number of pyridine rings is 1. The van der Waals surface area contributed by atoms with Crippen LogP contribution in [0, 0.1) is 5.82 Å². The zero-order valence-corrected chi connectivity index (χ0v) is 29.1. The van der Waals surface area contributed by atoms with Gasteiger partial charge in [0, 0.05) is 36.7 Å². The lowest BCUT2D eigenvalue weighted by Gasteiger charge is -2.40. The van der Waals surface area contributed by atoms with Crippen LogP contribution in [0.25, 0.3) is 10.9 Å². The summed E-state index contributed by atoms with van der Waals surface area (Å²) in [6.07, 6.45) is 3.27. The molecule has 0 saturated carbocycles. The molecule has 3 atom stereocenters. The summed E-state index contributed by atoms with van der Waals surface area (Å²) in [6, 6.07) is 1.27. The Morgan fingerprint density at radius 1 is 1.30 bits per heavy atom. The largest absolute Gasteiger partial charge is 0.475 e. The van der Waals surface area contributed by atoms with Crippen molar-refractivity contribution in [3.63, 3.8) is 0 Å². The maximum Gasteiger partial charge on any atom is 0.407 e. The molecule has 4 rings (SSSR count). The number of fused-ring (bicyclic) bond motifs is 1. The number of carbonyl (C=O) groups excluding carboxylic acids is 1. The van der Waals surface area contributed by atoms with Crippen LogP contribution in [0.15, 0.2) is 10.5 Å². The fraction of sp³-hybridized carbons (Fsp3) is 0.633. The normalized spacial score (nSPS) is 21.8. The first-order valence-electron chi connectivity index (χ1n) is 14.8. The molecule has 2 saturated heterocycles. The van der Waals surface area contributed by atoms with Crippen molar-refractivity contribution in [3.05, 3.63) is 26.9 Å². The summed E-state index contributed by atoms with van der Waals surface area (Å²) in [4.78, 5) is 32.8. The van der Waals surface area contributed by atoms with Crippen molar-refractivity contribution in [2.45, 2.75) is 89.1 Å². The molecule has 0 spiro atoms. The molecule has 1 aromatic heterocycles. The molecular weight excluding hydrogens is 659 g/mol. The van der Waals surface area contributed by atoms with Crippen LogP contribution in [-0.4, -0.2) is 92.1 Å². The lowest BCUT2D eigenvalue weighted by molar-refractivity contribution is 0.0924. The maximum absolute atomic E-state index is 15.5. The van der Waals surface area contributed by atoms with E-state index in [9.17, 15) is 14.7 Å². The number of piperidine rings is 1. The number of aldehydes is 1.